The molecule has 1 aliphatic heterocycles. The summed E-state index contributed by atoms with van der Waals surface area (Å²) in [5.74, 6) is 1.49. The van der Waals surface area contributed by atoms with Crippen LogP contribution in [0.4, 0.5) is 5.69 Å². The van der Waals surface area contributed by atoms with Gasteiger partial charge in [-0.2, -0.15) is 12.6 Å². The summed E-state index contributed by atoms with van der Waals surface area (Å²) in [7, 11) is 1.71. The topological polar surface area (TPSA) is 51.2 Å². The van der Waals surface area contributed by atoms with Crippen molar-refractivity contribution in [2.45, 2.75) is 37.7 Å². The molecule has 36 heavy (non-hydrogen) atoms. The fourth-order valence-corrected chi connectivity index (χ4v) is 4.71. The highest BCUT2D eigenvalue weighted by molar-refractivity contribution is 7.81. The largest absolute Gasteiger partial charge is 0.495 e. The van der Waals surface area contributed by atoms with Gasteiger partial charge in [0.2, 0.25) is 0 Å². The molecule has 0 saturated carbocycles. The number of para-hydroxylation sites is 2. The van der Waals surface area contributed by atoms with Crippen LogP contribution in [0.25, 0.3) is 10.8 Å². The van der Waals surface area contributed by atoms with Crippen LogP contribution >= 0.6 is 12.6 Å². The summed E-state index contributed by atoms with van der Waals surface area (Å²) >= 11 is 4.45. The van der Waals surface area contributed by atoms with Crippen LogP contribution < -0.4 is 14.4 Å². The first-order valence-electron chi connectivity index (χ1n) is 12.5. The summed E-state index contributed by atoms with van der Waals surface area (Å²) in [6.07, 6.45) is 0.631. The van der Waals surface area contributed by atoms with E-state index in [-0.39, 0.29) is 18.6 Å². The quantitative estimate of drug-likeness (QED) is 0.292. The number of esters is 1. The Kier molecular flexibility index (Phi) is 8.64. The van der Waals surface area contributed by atoms with Crippen molar-refractivity contribution in [2.75, 3.05) is 44.8 Å². The lowest BCUT2D eigenvalue weighted by Gasteiger charge is -2.40. The molecule has 0 spiro atoms. The van der Waals surface area contributed by atoms with E-state index in [0.717, 1.165) is 54.1 Å². The first-order chi connectivity index (χ1) is 17.3. The minimum absolute atomic E-state index is 0.215. The first kappa shape index (κ1) is 26.2. The maximum atomic E-state index is 12.3. The zero-order valence-corrected chi connectivity index (χ0v) is 22.2. The number of hydrogen-bond acceptors (Lipinski definition) is 7. The number of benzene rings is 3. The number of fused-ring (bicyclic) bond motifs is 1. The number of thiol groups is 1. The number of ether oxygens (including phenoxy) is 3. The fourth-order valence-electron chi connectivity index (χ4n) is 4.58. The number of nitrogens with zero attached hydrogens (tertiary/aromatic N) is 2. The van der Waals surface area contributed by atoms with Gasteiger partial charge in [0.25, 0.3) is 0 Å². The zero-order valence-electron chi connectivity index (χ0n) is 21.4. The van der Waals surface area contributed by atoms with Gasteiger partial charge in [0.1, 0.15) is 11.5 Å². The Morgan fingerprint density at radius 1 is 0.944 bits per heavy atom. The van der Waals surface area contributed by atoms with E-state index in [1.807, 2.05) is 56.3 Å². The predicted octanol–water partition coefficient (Wildman–Crippen LogP) is 5.41. The standard InChI is InChI=1S/C29H36N2O4S/c1-29(2,36)21-28(32)34-20-15-27(35-25-14-8-10-22-9-4-5-11-23(22)25)31-18-16-30(17-19-31)24-12-6-7-13-26(24)33-3/h4-14,27,36H,15-21H2,1-3H3. The van der Waals surface area contributed by atoms with Crippen molar-refractivity contribution in [1.29, 1.82) is 0 Å². The van der Waals surface area contributed by atoms with E-state index in [0.29, 0.717) is 13.0 Å². The molecule has 1 atom stereocenters. The molecule has 3 aromatic rings. The van der Waals surface area contributed by atoms with E-state index in [2.05, 4.69) is 46.7 Å². The highest BCUT2D eigenvalue weighted by Gasteiger charge is 2.27. The third kappa shape index (κ3) is 6.86. The molecule has 6 nitrogen and oxygen atoms in total. The fraction of sp³-hybridized carbons (Fsp3) is 0.414. The highest BCUT2D eigenvalue weighted by atomic mass is 32.1. The molecular formula is C29H36N2O4S. The van der Waals surface area contributed by atoms with Crippen LogP contribution in [0.3, 0.4) is 0 Å². The molecule has 192 valence electrons. The van der Waals surface area contributed by atoms with Gasteiger partial charge in [-0.1, -0.05) is 62.4 Å². The minimum atomic E-state index is -0.398. The van der Waals surface area contributed by atoms with Crippen LogP contribution in [-0.2, 0) is 9.53 Å². The molecule has 3 aromatic carbocycles. The van der Waals surface area contributed by atoms with Gasteiger partial charge in [0.05, 0.1) is 25.8 Å². The molecule has 1 unspecified atom stereocenters. The number of hydrogen-bond donors (Lipinski definition) is 1. The molecule has 0 bridgehead atoms. The normalized spacial score (nSPS) is 15.5. The van der Waals surface area contributed by atoms with E-state index in [1.54, 1.807) is 7.11 Å². The Balaban J connectivity index is 1.46. The lowest BCUT2D eigenvalue weighted by molar-refractivity contribution is -0.145. The maximum Gasteiger partial charge on any atom is 0.307 e. The molecule has 1 saturated heterocycles. The molecule has 7 heteroatoms. The Labute approximate surface area is 219 Å². The van der Waals surface area contributed by atoms with Crippen molar-refractivity contribution in [2.24, 2.45) is 0 Å². The van der Waals surface area contributed by atoms with Gasteiger partial charge >= 0.3 is 5.97 Å². The van der Waals surface area contributed by atoms with E-state index >= 15 is 0 Å². The third-order valence-electron chi connectivity index (χ3n) is 6.36. The van der Waals surface area contributed by atoms with Gasteiger partial charge in [0.15, 0.2) is 6.23 Å². The number of carbonyl (C=O) groups excluding carboxylic acids is 1. The molecule has 0 aromatic heterocycles. The summed E-state index contributed by atoms with van der Waals surface area (Å²) in [5, 5.41) is 2.21. The molecular weight excluding hydrogens is 472 g/mol. The summed E-state index contributed by atoms with van der Waals surface area (Å²) in [6, 6.07) is 22.5. The van der Waals surface area contributed by atoms with Crippen LogP contribution in [0.15, 0.2) is 66.7 Å². The van der Waals surface area contributed by atoms with Gasteiger partial charge in [-0.25, -0.2) is 0 Å². The Morgan fingerprint density at radius 2 is 1.61 bits per heavy atom. The van der Waals surface area contributed by atoms with Crippen molar-refractivity contribution in [3.8, 4) is 11.5 Å². The molecule has 1 fully saturated rings. The van der Waals surface area contributed by atoms with E-state index < -0.39 is 4.75 Å². The second-order valence-corrected chi connectivity index (χ2v) is 11.0. The van der Waals surface area contributed by atoms with E-state index in [4.69, 9.17) is 14.2 Å². The van der Waals surface area contributed by atoms with Crippen molar-refractivity contribution < 1.29 is 19.0 Å². The van der Waals surface area contributed by atoms with Gasteiger partial charge in [-0.05, 0) is 23.6 Å². The van der Waals surface area contributed by atoms with Crippen molar-refractivity contribution in [3.05, 3.63) is 66.7 Å². The zero-order chi connectivity index (χ0) is 25.5. The van der Waals surface area contributed by atoms with Crippen molar-refractivity contribution >= 4 is 35.1 Å². The lowest BCUT2D eigenvalue weighted by Crippen LogP contribution is -2.52. The van der Waals surface area contributed by atoms with Gasteiger partial charge < -0.3 is 19.1 Å². The number of methoxy groups -OCH3 is 1. The molecule has 0 aliphatic carbocycles. The molecule has 0 radical (unpaired) electrons. The Bertz CT molecular complexity index is 1150. The second kappa shape index (κ2) is 11.9. The minimum Gasteiger partial charge on any atom is -0.495 e. The van der Waals surface area contributed by atoms with Crippen LogP contribution in [0.1, 0.15) is 26.7 Å². The molecule has 0 N–H and O–H groups in total. The van der Waals surface area contributed by atoms with Crippen LogP contribution in [0.2, 0.25) is 0 Å². The summed E-state index contributed by atoms with van der Waals surface area (Å²) in [6.45, 7) is 7.46. The molecule has 0 amide bonds. The Morgan fingerprint density at radius 3 is 2.36 bits per heavy atom. The number of carbonyl (C=O) groups is 1. The molecule has 4 rings (SSSR count). The number of piperazine rings is 1. The highest BCUT2D eigenvalue weighted by Crippen LogP contribution is 2.30. The number of anilines is 1. The third-order valence-corrected chi connectivity index (χ3v) is 6.52. The van der Waals surface area contributed by atoms with Crippen LogP contribution in [-0.4, -0.2) is 61.7 Å². The summed E-state index contributed by atoms with van der Waals surface area (Å²) in [4.78, 5) is 16.9. The second-order valence-electron chi connectivity index (χ2n) is 9.74. The first-order valence-corrected chi connectivity index (χ1v) is 12.9. The average molecular weight is 509 g/mol. The molecule has 1 aliphatic rings. The Hall–Kier alpha value is -2.90. The molecule has 1 heterocycles. The average Bonchev–Trinajstić information content (AvgIpc) is 2.87. The van der Waals surface area contributed by atoms with Gasteiger partial charge in [-0.3, -0.25) is 9.69 Å². The van der Waals surface area contributed by atoms with Crippen molar-refractivity contribution in [1.82, 2.24) is 4.90 Å². The smallest absolute Gasteiger partial charge is 0.307 e. The maximum absolute atomic E-state index is 12.3. The lowest BCUT2D eigenvalue weighted by atomic mass is 10.1. The van der Waals surface area contributed by atoms with Crippen molar-refractivity contribution in [3.63, 3.8) is 0 Å². The SMILES string of the molecule is COc1ccccc1N1CCN(C(CCOC(=O)CC(C)(C)S)Oc2cccc3ccccc23)CC1. The predicted molar refractivity (Wildman–Crippen MR) is 148 cm³/mol. The summed E-state index contributed by atoms with van der Waals surface area (Å²) in [5.41, 5.74) is 1.11. The van der Waals surface area contributed by atoms with Gasteiger partial charge in [0, 0.05) is 42.7 Å². The van der Waals surface area contributed by atoms with Crippen LogP contribution in [0, 0.1) is 0 Å². The van der Waals surface area contributed by atoms with E-state index in [1.165, 1.54) is 0 Å². The monoisotopic (exact) mass is 508 g/mol. The number of rotatable bonds is 10. The summed E-state index contributed by atoms with van der Waals surface area (Å²) < 4.78 is 17.3. The van der Waals surface area contributed by atoms with Crippen LogP contribution in [0.5, 0.6) is 11.5 Å². The van der Waals surface area contributed by atoms with E-state index in [9.17, 15) is 4.79 Å². The van der Waals surface area contributed by atoms with Gasteiger partial charge in [-0.15, -0.1) is 0 Å².